The Bertz CT molecular complexity index is 430. The molecule has 3 saturated heterocycles. The first-order valence-electron chi connectivity index (χ1n) is 7.76. The number of rotatable bonds is 1. The Morgan fingerprint density at radius 2 is 1.81 bits per heavy atom. The second-order valence-electron chi connectivity index (χ2n) is 6.31. The number of urea groups is 1. The quantitative estimate of drug-likeness (QED) is 0.700. The van der Waals surface area contributed by atoms with E-state index in [1.54, 1.807) is 4.90 Å². The van der Waals surface area contributed by atoms with Crippen molar-refractivity contribution >= 4 is 12.0 Å². The molecule has 0 bridgehead atoms. The van der Waals surface area contributed by atoms with E-state index in [0.29, 0.717) is 19.1 Å². The van der Waals surface area contributed by atoms with Crippen LogP contribution in [0.3, 0.4) is 0 Å². The molecule has 3 fully saturated rings. The first kappa shape index (κ1) is 14.6. The molecule has 0 spiro atoms. The fourth-order valence-corrected chi connectivity index (χ4v) is 3.82. The minimum absolute atomic E-state index is 0.126. The molecular formula is C14H23N3O4. The van der Waals surface area contributed by atoms with Gasteiger partial charge >= 0.3 is 12.0 Å². The normalized spacial score (nSPS) is 33.9. The summed E-state index contributed by atoms with van der Waals surface area (Å²) in [5.74, 6) is -1.03. The molecule has 3 atom stereocenters. The first-order chi connectivity index (χ1) is 10.1. The molecule has 118 valence electrons. The summed E-state index contributed by atoms with van der Waals surface area (Å²) >= 11 is 0. The Morgan fingerprint density at radius 1 is 1.05 bits per heavy atom. The van der Waals surface area contributed by atoms with Crippen molar-refractivity contribution in [3.63, 3.8) is 0 Å². The summed E-state index contributed by atoms with van der Waals surface area (Å²) in [5.41, 5.74) is 0. The lowest BCUT2D eigenvalue weighted by molar-refractivity contribution is -0.141. The lowest BCUT2D eigenvalue weighted by atomic mass is 10.2. The topological polar surface area (TPSA) is 84.3 Å². The van der Waals surface area contributed by atoms with Gasteiger partial charge in [-0.1, -0.05) is 0 Å². The van der Waals surface area contributed by atoms with Crippen LogP contribution in [0.25, 0.3) is 0 Å². The van der Waals surface area contributed by atoms with E-state index in [9.17, 15) is 19.8 Å². The van der Waals surface area contributed by atoms with E-state index in [1.165, 1.54) is 11.3 Å². The van der Waals surface area contributed by atoms with Gasteiger partial charge in [-0.2, -0.15) is 0 Å². The smallest absolute Gasteiger partial charge is 0.326 e. The Kier molecular flexibility index (Phi) is 4.03. The first-order valence-corrected chi connectivity index (χ1v) is 7.76. The predicted molar refractivity (Wildman–Crippen MR) is 74.9 cm³/mol. The number of β-amino-alcohol motifs (C(OH)–C–C–N with tert-alkyl or cyclic N) is 1. The van der Waals surface area contributed by atoms with Crippen LogP contribution in [-0.4, -0.2) is 87.8 Å². The Labute approximate surface area is 124 Å². The van der Waals surface area contributed by atoms with Gasteiger partial charge in [-0.15, -0.1) is 0 Å². The van der Waals surface area contributed by atoms with Gasteiger partial charge in [-0.25, -0.2) is 9.59 Å². The van der Waals surface area contributed by atoms with E-state index < -0.39 is 18.1 Å². The lowest BCUT2D eigenvalue weighted by Crippen LogP contribution is -2.50. The van der Waals surface area contributed by atoms with E-state index in [4.69, 9.17) is 0 Å². The molecule has 7 heteroatoms. The number of carbonyl (C=O) groups is 2. The van der Waals surface area contributed by atoms with Crippen LogP contribution >= 0.6 is 0 Å². The summed E-state index contributed by atoms with van der Waals surface area (Å²) in [4.78, 5) is 29.5. The van der Waals surface area contributed by atoms with Crippen LogP contribution in [0.15, 0.2) is 0 Å². The van der Waals surface area contributed by atoms with Gasteiger partial charge in [0.05, 0.1) is 6.10 Å². The molecule has 0 aromatic heterocycles. The summed E-state index contributed by atoms with van der Waals surface area (Å²) in [6, 6.07) is -0.713. The van der Waals surface area contributed by atoms with Crippen molar-refractivity contribution in [1.29, 1.82) is 0 Å². The number of carbonyl (C=O) groups excluding carboxylic acids is 1. The molecule has 2 amide bonds. The molecule has 2 N–H and O–H groups in total. The Morgan fingerprint density at radius 3 is 2.57 bits per heavy atom. The number of aliphatic hydroxyl groups excluding tert-OH is 1. The van der Waals surface area contributed by atoms with Gasteiger partial charge in [0.2, 0.25) is 0 Å². The number of fused-ring (bicyclic) bond motifs is 1. The van der Waals surface area contributed by atoms with Gasteiger partial charge in [0, 0.05) is 38.6 Å². The van der Waals surface area contributed by atoms with Gasteiger partial charge in [-0.05, 0) is 25.8 Å². The van der Waals surface area contributed by atoms with Crippen molar-refractivity contribution in [1.82, 2.24) is 14.7 Å². The second-order valence-corrected chi connectivity index (χ2v) is 6.31. The van der Waals surface area contributed by atoms with E-state index >= 15 is 0 Å². The molecule has 0 radical (unpaired) electrons. The monoisotopic (exact) mass is 297 g/mol. The molecular weight excluding hydrogens is 274 g/mol. The van der Waals surface area contributed by atoms with Crippen LogP contribution in [-0.2, 0) is 4.79 Å². The molecule has 3 aliphatic rings. The van der Waals surface area contributed by atoms with Crippen LogP contribution in [0.1, 0.15) is 25.7 Å². The number of hydrogen-bond acceptors (Lipinski definition) is 4. The highest BCUT2D eigenvalue weighted by molar-refractivity contribution is 5.83. The van der Waals surface area contributed by atoms with Crippen molar-refractivity contribution in [2.24, 2.45) is 0 Å². The number of aliphatic carboxylic acids is 1. The van der Waals surface area contributed by atoms with Gasteiger partial charge in [-0.3, -0.25) is 4.90 Å². The summed E-state index contributed by atoms with van der Waals surface area (Å²) in [7, 11) is 0. The van der Waals surface area contributed by atoms with Crippen molar-refractivity contribution in [2.45, 2.75) is 43.9 Å². The predicted octanol–water partition coefficient (Wildman–Crippen LogP) is -0.204. The van der Waals surface area contributed by atoms with E-state index in [0.717, 1.165) is 25.9 Å². The molecule has 0 aromatic rings. The zero-order valence-electron chi connectivity index (χ0n) is 12.1. The zero-order valence-corrected chi connectivity index (χ0v) is 12.1. The third kappa shape index (κ3) is 2.85. The average molecular weight is 297 g/mol. The maximum absolute atomic E-state index is 12.7. The van der Waals surface area contributed by atoms with Gasteiger partial charge in [0.1, 0.15) is 6.04 Å². The van der Waals surface area contributed by atoms with Gasteiger partial charge in [0.25, 0.3) is 0 Å². The molecule has 0 saturated carbocycles. The fraction of sp³-hybridized carbons (Fsp3) is 0.857. The summed E-state index contributed by atoms with van der Waals surface area (Å²) in [6.45, 7) is 3.59. The standard InChI is InChI=1S/C14H23N3O4/c18-11-7-12(13(19)20)17(9-11)14(21)16-6-2-5-15-4-1-3-10(15)8-16/h10-12,18H,1-9H2,(H,19,20)/t10?,11-,12-/m1/s1. The van der Waals surface area contributed by atoms with E-state index in [2.05, 4.69) is 4.90 Å². The van der Waals surface area contributed by atoms with Crippen molar-refractivity contribution in [3.8, 4) is 0 Å². The largest absolute Gasteiger partial charge is 0.480 e. The maximum Gasteiger partial charge on any atom is 0.326 e. The van der Waals surface area contributed by atoms with Crippen molar-refractivity contribution in [2.75, 3.05) is 32.7 Å². The number of carboxylic acid groups (broad SMARTS) is 1. The lowest BCUT2D eigenvalue weighted by Gasteiger charge is -2.31. The molecule has 3 heterocycles. The summed E-state index contributed by atoms with van der Waals surface area (Å²) in [6.07, 6.45) is 2.60. The highest BCUT2D eigenvalue weighted by atomic mass is 16.4. The third-order valence-corrected chi connectivity index (χ3v) is 4.88. The molecule has 0 aromatic carbocycles. The highest BCUT2D eigenvalue weighted by Crippen LogP contribution is 2.24. The fourth-order valence-electron chi connectivity index (χ4n) is 3.82. The van der Waals surface area contributed by atoms with E-state index in [-0.39, 0.29) is 19.0 Å². The number of carboxylic acids is 1. The zero-order chi connectivity index (χ0) is 15.0. The average Bonchev–Trinajstić information content (AvgIpc) is 2.99. The van der Waals surface area contributed by atoms with Crippen LogP contribution in [0.5, 0.6) is 0 Å². The SMILES string of the molecule is O=C(O)[C@H]1C[C@@H](O)CN1C(=O)N1CCCN2CCCC2C1. The third-order valence-electron chi connectivity index (χ3n) is 4.88. The Hall–Kier alpha value is -1.34. The number of nitrogens with zero attached hydrogens (tertiary/aromatic N) is 3. The number of likely N-dealkylation sites (tertiary alicyclic amines) is 1. The molecule has 3 rings (SSSR count). The van der Waals surface area contributed by atoms with E-state index in [1.807, 2.05) is 0 Å². The molecule has 1 unspecified atom stereocenters. The van der Waals surface area contributed by atoms with Crippen molar-refractivity contribution in [3.05, 3.63) is 0 Å². The second kappa shape index (κ2) is 5.81. The molecule has 21 heavy (non-hydrogen) atoms. The van der Waals surface area contributed by atoms with Crippen LogP contribution < -0.4 is 0 Å². The van der Waals surface area contributed by atoms with Gasteiger partial charge < -0.3 is 20.0 Å². The summed E-state index contributed by atoms with van der Waals surface area (Å²) < 4.78 is 0. The highest BCUT2D eigenvalue weighted by Gasteiger charge is 2.41. The maximum atomic E-state index is 12.7. The number of aliphatic hydroxyl groups is 1. The van der Waals surface area contributed by atoms with Crippen LogP contribution in [0.2, 0.25) is 0 Å². The Balaban J connectivity index is 1.70. The minimum Gasteiger partial charge on any atom is -0.480 e. The molecule has 3 aliphatic heterocycles. The summed E-state index contributed by atoms with van der Waals surface area (Å²) in [5, 5.41) is 18.9. The number of hydrogen-bond donors (Lipinski definition) is 2. The number of amides is 2. The van der Waals surface area contributed by atoms with Crippen LogP contribution in [0.4, 0.5) is 4.79 Å². The van der Waals surface area contributed by atoms with Gasteiger partial charge in [0.15, 0.2) is 0 Å². The van der Waals surface area contributed by atoms with Crippen molar-refractivity contribution < 1.29 is 19.8 Å². The minimum atomic E-state index is -1.03. The molecule has 0 aliphatic carbocycles. The van der Waals surface area contributed by atoms with Crippen LogP contribution in [0, 0.1) is 0 Å². The molecule has 7 nitrogen and oxygen atoms in total.